The van der Waals surface area contributed by atoms with Crippen molar-refractivity contribution in [3.63, 3.8) is 0 Å². The van der Waals surface area contributed by atoms with Crippen molar-refractivity contribution in [2.75, 3.05) is 38.5 Å². The molecule has 0 radical (unpaired) electrons. The number of nitrogen functional groups attached to an aromatic ring is 1. The number of hydrogen-bond donors (Lipinski definition) is 1. The van der Waals surface area contributed by atoms with Crippen molar-refractivity contribution in [3.05, 3.63) is 16.3 Å². The second kappa shape index (κ2) is 5.92. The van der Waals surface area contributed by atoms with E-state index >= 15 is 0 Å². The Morgan fingerprint density at radius 3 is 2.47 bits per heavy atom. The smallest absolute Gasteiger partial charge is 0.409 e. The van der Waals surface area contributed by atoms with E-state index in [2.05, 4.69) is 0 Å². The molecule has 2 N–H and O–H groups in total. The molecule has 0 spiro atoms. The van der Waals surface area contributed by atoms with Gasteiger partial charge >= 0.3 is 6.09 Å². The SMILES string of the molecule is CCOC(=O)N1CCN(C(=O)c2sccc2N)CC1. The molecule has 0 bridgehead atoms. The minimum atomic E-state index is -0.315. The van der Waals surface area contributed by atoms with Crippen LogP contribution in [0.3, 0.4) is 0 Å². The van der Waals surface area contributed by atoms with Crippen LogP contribution in [0.5, 0.6) is 0 Å². The van der Waals surface area contributed by atoms with Crippen LogP contribution in [0.1, 0.15) is 16.6 Å². The third-order valence-corrected chi connectivity index (χ3v) is 3.90. The summed E-state index contributed by atoms with van der Waals surface area (Å²) >= 11 is 1.35. The molecule has 0 saturated carbocycles. The second-order valence-electron chi connectivity index (χ2n) is 4.18. The van der Waals surface area contributed by atoms with Gasteiger partial charge in [-0.2, -0.15) is 0 Å². The molecule has 0 unspecified atom stereocenters. The Kier molecular flexibility index (Phi) is 4.26. The van der Waals surface area contributed by atoms with E-state index in [0.717, 1.165) is 0 Å². The highest BCUT2D eigenvalue weighted by Crippen LogP contribution is 2.21. The van der Waals surface area contributed by atoms with Crippen LogP contribution in [0.25, 0.3) is 0 Å². The van der Waals surface area contributed by atoms with E-state index in [4.69, 9.17) is 10.5 Å². The first-order valence-electron chi connectivity index (χ1n) is 6.17. The first-order chi connectivity index (χ1) is 9.13. The topological polar surface area (TPSA) is 75.9 Å². The summed E-state index contributed by atoms with van der Waals surface area (Å²) in [4.78, 5) is 27.7. The molecule has 1 fully saturated rings. The molecular weight excluding hydrogens is 266 g/mol. The van der Waals surface area contributed by atoms with Crippen molar-refractivity contribution < 1.29 is 14.3 Å². The van der Waals surface area contributed by atoms with Crippen LogP contribution in [0.2, 0.25) is 0 Å². The van der Waals surface area contributed by atoms with E-state index in [0.29, 0.717) is 43.4 Å². The van der Waals surface area contributed by atoms with Crippen molar-refractivity contribution in [2.45, 2.75) is 6.92 Å². The Morgan fingerprint density at radius 1 is 1.32 bits per heavy atom. The molecule has 2 heterocycles. The van der Waals surface area contributed by atoms with E-state index in [1.54, 1.807) is 28.2 Å². The van der Waals surface area contributed by atoms with Crippen LogP contribution in [0, 0.1) is 0 Å². The highest BCUT2D eigenvalue weighted by molar-refractivity contribution is 7.12. The minimum Gasteiger partial charge on any atom is -0.450 e. The lowest BCUT2D eigenvalue weighted by molar-refractivity contribution is 0.0575. The van der Waals surface area contributed by atoms with E-state index in [1.165, 1.54) is 11.3 Å². The van der Waals surface area contributed by atoms with E-state index in [9.17, 15) is 9.59 Å². The van der Waals surface area contributed by atoms with Gasteiger partial charge in [-0.3, -0.25) is 4.79 Å². The van der Waals surface area contributed by atoms with Crippen molar-refractivity contribution in [2.24, 2.45) is 0 Å². The Morgan fingerprint density at radius 2 is 1.95 bits per heavy atom. The highest BCUT2D eigenvalue weighted by Gasteiger charge is 2.26. The maximum Gasteiger partial charge on any atom is 0.409 e. The van der Waals surface area contributed by atoms with Gasteiger partial charge in [0.2, 0.25) is 0 Å². The Labute approximate surface area is 115 Å². The zero-order chi connectivity index (χ0) is 13.8. The summed E-state index contributed by atoms with van der Waals surface area (Å²) < 4.78 is 4.93. The van der Waals surface area contributed by atoms with E-state index in [1.807, 2.05) is 0 Å². The van der Waals surface area contributed by atoms with Crippen molar-refractivity contribution in [1.29, 1.82) is 0 Å². The number of carbonyl (C=O) groups is 2. The van der Waals surface area contributed by atoms with E-state index < -0.39 is 0 Å². The molecule has 1 aliphatic heterocycles. The molecule has 19 heavy (non-hydrogen) atoms. The van der Waals surface area contributed by atoms with Crippen molar-refractivity contribution in [3.8, 4) is 0 Å². The predicted octanol–water partition coefficient (Wildman–Crippen LogP) is 1.24. The van der Waals surface area contributed by atoms with Gasteiger partial charge in [0.05, 0.1) is 12.3 Å². The Bertz CT molecular complexity index is 467. The number of rotatable bonds is 2. The quantitative estimate of drug-likeness (QED) is 0.886. The summed E-state index contributed by atoms with van der Waals surface area (Å²) in [6, 6.07) is 1.73. The fourth-order valence-corrected chi connectivity index (χ4v) is 2.73. The number of thiophene rings is 1. The number of nitrogens with zero attached hydrogens (tertiary/aromatic N) is 2. The molecule has 1 aliphatic rings. The Hall–Kier alpha value is -1.76. The van der Waals surface area contributed by atoms with Gasteiger partial charge in [-0.25, -0.2) is 4.79 Å². The molecule has 1 aromatic rings. The largest absolute Gasteiger partial charge is 0.450 e. The maximum atomic E-state index is 12.2. The molecular formula is C12H17N3O3S. The summed E-state index contributed by atoms with van der Waals surface area (Å²) in [6.45, 7) is 4.15. The number of anilines is 1. The lowest BCUT2D eigenvalue weighted by atomic mass is 10.3. The van der Waals surface area contributed by atoms with Crippen LogP contribution in [0.15, 0.2) is 11.4 Å². The molecule has 1 saturated heterocycles. The van der Waals surface area contributed by atoms with Gasteiger partial charge in [-0.15, -0.1) is 11.3 Å². The molecule has 0 aromatic carbocycles. The lowest BCUT2D eigenvalue weighted by Gasteiger charge is -2.33. The zero-order valence-electron chi connectivity index (χ0n) is 10.8. The maximum absolute atomic E-state index is 12.2. The molecule has 104 valence electrons. The molecule has 7 heteroatoms. The van der Waals surface area contributed by atoms with Crippen molar-refractivity contribution in [1.82, 2.24) is 9.80 Å². The first kappa shape index (κ1) is 13.7. The summed E-state index contributed by atoms with van der Waals surface area (Å²) in [5.41, 5.74) is 6.26. The molecule has 0 atom stereocenters. The number of piperazine rings is 1. The van der Waals surface area contributed by atoms with Crippen LogP contribution >= 0.6 is 11.3 Å². The van der Waals surface area contributed by atoms with Gasteiger partial charge < -0.3 is 20.3 Å². The predicted molar refractivity (Wildman–Crippen MR) is 73.2 cm³/mol. The zero-order valence-corrected chi connectivity index (χ0v) is 11.6. The van der Waals surface area contributed by atoms with Gasteiger partial charge in [0.1, 0.15) is 4.88 Å². The van der Waals surface area contributed by atoms with Gasteiger partial charge in [-0.1, -0.05) is 0 Å². The van der Waals surface area contributed by atoms with Crippen molar-refractivity contribution >= 4 is 29.0 Å². The first-order valence-corrected chi connectivity index (χ1v) is 7.05. The summed E-state index contributed by atoms with van der Waals surface area (Å²) in [7, 11) is 0. The summed E-state index contributed by atoms with van der Waals surface area (Å²) in [5, 5.41) is 1.80. The molecule has 2 amide bonds. The number of nitrogens with two attached hydrogens (primary N) is 1. The van der Waals surface area contributed by atoms with Gasteiger partial charge in [0, 0.05) is 26.2 Å². The van der Waals surface area contributed by atoms with E-state index in [-0.39, 0.29) is 12.0 Å². The fourth-order valence-electron chi connectivity index (χ4n) is 1.94. The third kappa shape index (κ3) is 2.98. The number of amides is 2. The lowest BCUT2D eigenvalue weighted by Crippen LogP contribution is -2.50. The fraction of sp³-hybridized carbons (Fsp3) is 0.500. The van der Waals surface area contributed by atoms with Crippen LogP contribution in [0.4, 0.5) is 10.5 Å². The van der Waals surface area contributed by atoms with Gasteiger partial charge in [-0.05, 0) is 18.4 Å². The molecule has 1 aromatic heterocycles. The number of carbonyl (C=O) groups excluding carboxylic acids is 2. The monoisotopic (exact) mass is 283 g/mol. The van der Waals surface area contributed by atoms with Crippen LogP contribution in [-0.4, -0.2) is 54.6 Å². The Balaban J connectivity index is 1.92. The number of ether oxygens (including phenoxy) is 1. The standard InChI is InChI=1S/C12H17N3O3S/c1-2-18-12(17)15-6-4-14(5-7-15)11(16)10-9(13)3-8-19-10/h3,8H,2,4-7,13H2,1H3. The third-order valence-electron chi connectivity index (χ3n) is 2.98. The average molecular weight is 283 g/mol. The minimum absolute atomic E-state index is 0.0593. The van der Waals surface area contributed by atoms with Crippen LogP contribution < -0.4 is 5.73 Å². The number of hydrogen-bond acceptors (Lipinski definition) is 5. The highest BCUT2D eigenvalue weighted by atomic mass is 32.1. The van der Waals surface area contributed by atoms with Gasteiger partial charge in [0.25, 0.3) is 5.91 Å². The molecule has 6 nitrogen and oxygen atoms in total. The summed E-state index contributed by atoms with van der Waals surface area (Å²) in [5.74, 6) is -0.0593. The summed E-state index contributed by atoms with van der Waals surface area (Å²) in [6.07, 6.45) is -0.315. The van der Waals surface area contributed by atoms with Gasteiger partial charge in [0.15, 0.2) is 0 Å². The molecule has 0 aliphatic carbocycles. The average Bonchev–Trinajstić information content (AvgIpc) is 2.84. The van der Waals surface area contributed by atoms with Crippen LogP contribution in [-0.2, 0) is 4.74 Å². The molecule has 2 rings (SSSR count). The normalized spacial score (nSPS) is 15.4. The second-order valence-corrected chi connectivity index (χ2v) is 5.10.